The van der Waals surface area contributed by atoms with Crippen molar-refractivity contribution < 1.29 is 14.6 Å². The SMILES string of the molecule is CC(C(=O)O)n1c(=O)c2ccccc2n(CCCN2CCC(OC(c3ccccc3)c3ccccc3)CC2)c1=O. The fourth-order valence-electron chi connectivity index (χ4n) is 5.53. The number of aromatic nitrogens is 2. The summed E-state index contributed by atoms with van der Waals surface area (Å²) in [4.78, 5) is 40.1. The molecule has 0 radical (unpaired) electrons. The van der Waals surface area contributed by atoms with Crippen LogP contribution in [0.1, 0.15) is 49.5 Å². The lowest BCUT2D eigenvalue weighted by atomic mass is 10.00. The van der Waals surface area contributed by atoms with Gasteiger partial charge < -0.3 is 14.7 Å². The van der Waals surface area contributed by atoms with Gasteiger partial charge in [-0.3, -0.25) is 9.36 Å². The van der Waals surface area contributed by atoms with E-state index in [2.05, 4.69) is 29.2 Å². The normalized spacial score (nSPS) is 15.4. The molecule has 0 aliphatic carbocycles. The fraction of sp³-hybridized carbons (Fsp3) is 0.344. The van der Waals surface area contributed by atoms with Crippen molar-refractivity contribution in [1.82, 2.24) is 14.0 Å². The Bertz CT molecular complexity index is 1520. The number of carboxylic acid groups (broad SMARTS) is 1. The summed E-state index contributed by atoms with van der Waals surface area (Å²) < 4.78 is 9.05. The standard InChI is InChI=1S/C32H35N3O5/c1-23(31(37)38)35-30(36)27-15-8-9-16-28(27)34(32(35)39)20-10-19-33-21-17-26(18-22-33)40-29(24-11-4-2-5-12-24)25-13-6-3-7-14-25/h2-9,11-16,23,26,29H,10,17-22H2,1H3,(H,37,38). The molecule has 8 heteroatoms. The molecule has 208 valence electrons. The van der Waals surface area contributed by atoms with Crippen LogP contribution in [0.3, 0.4) is 0 Å². The zero-order valence-electron chi connectivity index (χ0n) is 22.7. The Hall–Kier alpha value is -4.01. The van der Waals surface area contributed by atoms with Crippen LogP contribution in [-0.4, -0.2) is 50.8 Å². The molecule has 8 nitrogen and oxygen atoms in total. The second kappa shape index (κ2) is 12.4. The Balaban J connectivity index is 1.23. The lowest BCUT2D eigenvalue weighted by molar-refractivity contribution is -0.140. The van der Waals surface area contributed by atoms with Crippen LogP contribution in [0, 0.1) is 0 Å². The Morgan fingerprint density at radius 3 is 2.05 bits per heavy atom. The van der Waals surface area contributed by atoms with Gasteiger partial charge in [-0.15, -0.1) is 0 Å². The molecule has 0 saturated carbocycles. The third-order valence-corrected chi connectivity index (χ3v) is 7.75. The number of piperidine rings is 1. The summed E-state index contributed by atoms with van der Waals surface area (Å²) in [5, 5.41) is 9.82. The monoisotopic (exact) mass is 541 g/mol. The fourth-order valence-corrected chi connectivity index (χ4v) is 5.53. The van der Waals surface area contributed by atoms with Crippen LogP contribution in [-0.2, 0) is 16.1 Å². The molecule has 5 rings (SSSR count). The highest BCUT2D eigenvalue weighted by molar-refractivity contribution is 5.78. The first kappa shape index (κ1) is 27.6. The molecule has 1 atom stereocenters. The number of carbonyl (C=O) groups is 1. The van der Waals surface area contributed by atoms with Crippen molar-refractivity contribution in [3.63, 3.8) is 0 Å². The largest absolute Gasteiger partial charge is 0.480 e. The van der Waals surface area contributed by atoms with E-state index in [-0.39, 0.29) is 12.2 Å². The van der Waals surface area contributed by atoms with Gasteiger partial charge >= 0.3 is 11.7 Å². The van der Waals surface area contributed by atoms with Gasteiger partial charge in [-0.05, 0) is 56.0 Å². The lowest BCUT2D eigenvalue weighted by Gasteiger charge is -2.34. The number of aliphatic carboxylic acids is 1. The number of fused-ring (bicyclic) bond motifs is 1. The third-order valence-electron chi connectivity index (χ3n) is 7.75. The highest BCUT2D eigenvalue weighted by Gasteiger charge is 2.25. The average molecular weight is 542 g/mol. The lowest BCUT2D eigenvalue weighted by Crippen LogP contribution is -2.44. The van der Waals surface area contributed by atoms with Crippen LogP contribution in [0.5, 0.6) is 0 Å². The molecule has 1 N–H and O–H groups in total. The molecule has 3 aromatic carbocycles. The van der Waals surface area contributed by atoms with E-state index < -0.39 is 23.3 Å². The molecular formula is C32H35N3O5. The summed E-state index contributed by atoms with van der Waals surface area (Å²) in [5.74, 6) is -1.21. The summed E-state index contributed by atoms with van der Waals surface area (Å²) in [7, 11) is 0. The van der Waals surface area contributed by atoms with Crippen LogP contribution >= 0.6 is 0 Å². The van der Waals surface area contributed by atoms with Crippen molar-refractivity contribution >= 4 is 16.9 Å². The Kier molecular flexibility index (Phi) is 8.57. The number of para-hydroxylation sites is 1. The van der Waals surface area contributed by atoms with Crippen LogP contribution in [0.25, 0.3) is 10.9 Å². The smallest absolute Gasteiger partial charge is 0.332 e. The van der Waals surface area contributed by atoms with Crippen LogP contribution in [0.2, 0.25) is 0 Å². The first-order valence-electron chi connectivity index (χ1n) is 13.9. The maximum atomic E-state index is 13.2. The molecule has 1 saturated heterocycles. The number of hydrogen-bond donors (Lipinski definition) is 1. The van der Waals surface area contributed by atoms with Crippen molar-refractivity contribution in [2.24, 2.45) is 0 Å². The van der Waals surface area contributed by atoms with E-state index in [4.69, 9.17) is 4.74 Å². The summed E-state index contributed by atoms with van der Waals surface area (Å²) >= 11 is 0. The predicted octanol–water partition coefficient (Wildman–Crippen LogP) is 4.47. The Morgan fingerprint density at radius 1 is 0.875 bits per heavy atom. The minimum atomic E-state index is -1.24. The van der Waals surface area contributed by atoms with Crippen LogP contribution < -0.4 is 11.2 Å². The van der Waals surface area contributed by atoms with Crippen molar-refractivity contribution in [2.45, 2.75) is 51.0 Å². The van der Waals surface area contributed by atoms with Gasteiger partial charge in [0.15, 0.2) is 0 Å². The minimum absolute atomic E-state index is 0.108. The minimum Gasteiger partial charge on any atom is -0.480 e. The van der Waals surface area contributed by atoms with Gasteiger partial charge in [-0.1, -0.05) is 72.8 Å². The van der Waals surface area contributed by atoms with E-state index in [1.54, 1.807) is 24.3 Å². The van der Waals surface area contributed by atoms with Crippen molar-refractivity contribution in [1.29, 1.82) is 0 Å². The number of likely N-dealkylation sites (tertiary alicyclic amines) is 1. The number of aryl methyl sites for hydroxylation is 1. The van der Waals surface area contributed by atoms with E-state index in [0.29, 0.717) is 23.9 Å². The van der Waals surface area contributed by atoms with Gasteiger partial charge in [-0.2, -0.15) is 0 Å². The quantitative estimate of drug-likeness (QED) is 0.319. The number of ether oxygens (including phenoxy) is 1. The summed E-state index contributed by atoms with van der Waals surface area (Å²) in [6, 6.07) is 26.3. The first-order valence-corrected chi connectivity index (χ1v) is 13.9. The maximum Gasteiger partial charge on any atom is 0.332 e. The molecular weight excluding hydrogens is 506 g/mol. The molecule has 2 heterocycles. The average Bonchev–Trinajstić information content (AvgIpc) is 2.99. The van der Waals surface area contributed by atoms with E-state index in [9.17, 15) is 19.5 Å². The van der Waals surface area contributed by atoms with E-state index in [1.165, 1.54) is 11.5 Å². The maximum absolute atomic E-state index is 13.2. The molecule has 0 spiro atoms. The van der Waals surface area contributed by atoms with Crippen molar-refractivity contribution in [3.8, 4) is 0 Å². The summed E-state index contributed by atoms with van der Waals surface area (Å²) in [6.45, 7) is 4.34. The van der Waals surface area contributed by atoms with Gasteiger partial charge in [0.1, 0.15) is 12.1 Å². The Morgan fingerprint density at radius 2 is 1.45 bits per heavy atom. The predicted molar refractivity (Wildman–Crippen MR) is 155 cm³/mol. The molecule has 1 unspecified atom stereocenters. The second-order valence-electron chi connectivity index (χ2n) is 10.4. The van der Waals surface area contributed by atoms with Gasteiger partial charge in [0.25, 0.3) is 5.56 Å². The Labute approximate surface area is 233 Å². The highest BCUT2D eigenvalue weighted by Crippen LogP contribution is 2.30. The van der Waals surface area contributed by atoms with E-state index >= 15 is 0 Å². The topological polar surface area (TPSA) is 93.8 Å². The number of nitrogens with zero attached hydrogens (tertiary/aromatic N) is 3. The third kappa shape index (κ3) is 5.93. The van der Waals surface area contributed by atoms with Crippen LogP contribution in [0.4, 0.5) is 0 Å². The summed E-state index contributed by atoms with van der Waals surface area (Å²) in [6.07, 6.45) is 2.57. The molecule has 1 fully saturated rings. The van der Waals surface area contributed by atoms with Gasteiger partial charge in [0.2, 0.25) is 0 Å². The summed E-state index contributed by atoms with van der Waals surface area (Å²) in [5.41, 5.74) is 1.67. The second-order valence-corrected chi connectivity index (χ2v) is 10.4. The van der Waals surface area contributed by atoms with Gasteiger partial charge in [-0.25, -0.2) is 14.2 Å². The molecule has 4 aromatic rings. The number of benzene rings is 3. The van der Waals surface area contributed by atoms with E-state index in [1.807, 2.05) is 36.4 Å². The molecule has 1 aliphatic heterocycles. The molecule has 0 amide bonds. The highest BCUT2D eigenvalue weighted by atomic mass is 16.5. The molecule has 0 bridgehead atoms. The van der Waals surface area contributed by atoms with Crippen LogP contribution in [0.15, 0.2) is 94.5 Å². The molecule has 40 heavy (non-hydrogen) atoms. The zero-order valence-corrected chi connectivity index (χ0v) is 22.7. The van der Waals surface area contributed by atoms with Gasteiger partial charge in [0, 0.05) is 19.6 Å². The zero-order chi connectivity index (χ0) is 28.1. The van der Waals surface area contributed by atoms with Crippen molar-refractivity contribution in [3.05, 3.63) is 117 Å². The number of carboxylic acids is 1. The number of hydrogen-bond acceptors (Lipinski definition) is 5. The van der Waals surface area contributed by atoms with E-state index in [0.717, 1.165) is 48.2 Å². The van der Waals surface area contributed by atoms with Gasteiger partial charge in [0.05, 0.1) is 17.0 Å². The first-order chi connectivity index (χ1) is 19.4. The molecule has 1 aliphatic rings. The molecule has 1 aromatic heterocycles. The number of rotatable bonds is 10. The van der Waals surface area contributed by atoms with Crippen molar-refractivity contribution in [2.75, 3.05) is 19.6 Å².